The maximum absolute atomic E-state index is 5.55. The van der Waals surface area contributed by atoms with Crippen LogP contribution >= 0.6 is 0 Å². The molecule has 0 saturated carbocycles. The molecule has 0 aromatic heterocycles. The van der Waals surface area contributed by atoms with Crippen molar-refractivity contribution in [3.8, 4) is 5.75 Å². The lowest BCUT2D eigenvalue weighted by molar-refractivity contribution is 0.549. The number of ether oxygens (including phenoxy) is 1. The molecule has 0 bridgehead atoms. The number of hydrogen-bond donors (Lipinski definition) is 0. The summed E-state index contributed by atoms with van der Waals surface area (Å²) in [4.78, 5) is 4.36. The average Bonchev–Trinajstić information content (AvgIpc) is 2.18. The quantitative estimate of drug-likeness (QED) is 0.614. The molecule has 1 aliphatic rings. The summed E-state index contributed by atoms with van der Waals surface area (Å²) < 4.78 is 5.55. The number of aliphatic imine (C=N–C) groups is 1. The van der Waals surface area contributed by atoms with E-state index in [1.165, 1.54) is 5.39 Å². The van der Waals surface area contributed by atoms with E-state index in [1.807, 2.05) is 31.2 Å². The van der Waals surface area contributed by atoms with Gasteiger partial charge in [0.2, 0.25) is 0 Å². The Bertz CT molecular complexity index is 538. The highest BCUT2D eigenvalue weighted by Crippen LogP contribution is 2.36. The Labute approximate surface area is 81.8 Å². The topological polar surface area (TPSA) is 21.6 Å². The number of benzene rings is 2. The standard InChI is InChI=1S/C12H9NO/c1-8-13-10-6-2-4-9-5-3-7-11(14-8)12(9)10/h2-7H,1H3. The molecule has 2 nitrogen and oxygen atoms in total. The third kappa shape index (κ3) is 0.940. The molecule has 0 unspecified atom stereocenters. The normalized spacial score (nSPS) is 13.6. The van der Waals surface area contributed by atoms with Crippen molar-refractivity contribution >= 4 is 22.4 Å². The lowest BCUT2D eigenvalue weighted by Crippen LogP contribution is -2.06. The van der Waals surface area contributed by atoms with Gasteiger partial charge in [-0.1, -0.05) is 24.3 Å². The first-order valence-corrected chi connectivity index (χ1v) is 4.59. The Kier molecular flexibility index (Phi) is 1.39. The minimum atomic E-state index is 0.705. The van der Waals surface area contributed by atoms with Crippen molar-refractivity contribution in [1.29, 1.82) is 0 Å². The van der Waals surface area contributed by atoms with Crippen molar-refractivity contribution < 1.29 is 4.74 Å². The smallest absolute Gasteiger partial charge is 0.192 e. The molecule has 0 N–H and O–H groups in total. The van der Waals surface area contributed by atoms with Crippen LogP contribution in [0.3, 0.4) is 0 Å². The molecule has 0 fully saturated rings. The molecule has 2 aromatic rings. The highest BCUT2D eigenvalue weighted by atomic mass is 16.5. The number of rotatable bonds is 0. The zero-order valence-electron chi connectivity index (χ0n) is 7.82. The third-order valence-corrected chi connectivity index (χ3v) is 2.38. The molecular formula is C12H9NO. The highest BCUT2D eigenvalue weighted by molar-refractivity contribution is 6.02. The average molecular weight is 183 g/mol. The Morgan fingerprint density at radius 1 is 1.07 bits per heavy atom. The van der Waals surface area contributed by atoms with E-state index in [9.17, 15) is 0 Å². The Morgan fingerprint density at radius 3 is 2.71 bits per heavy atom. The van der Waals surface area contributed by atoms with Crippen LogP contribution in [0, 0.1) is 0 Å². The van der Waals surface area contributed by atoms with Crippen molar-refractivity contribution in [3.63, 3.8) is 0 Å². The van der Waals surface area contributed by atoms with Crippen LogP contribution in [-0.2, 0) is 0 Å². The van der Waals surface area contributed by atoms with E-state index in [1.54, 1.807) is 0 Å². The van der Waals surface area contributed by atoms with Crippen LogP contribution in [0.1, 0.15) is 6.92 Å². The minimum Gasteiger partial charge on any atom is -0.443 e. The van der Waals surface area contributed by atoms with Crippen LogP contribution in [0.25, 0.3) is 10.8 Å². The molecule has 2 aromatic carbocycles. The fourth-order valence-corrected chi connectivity index (χ4v) is 1.82. The Hall–Kier alpha value is -1.83. The van der Waals surface area contributed by atoms with E-state index >= 15 is 0 Å². The number of nitrogens with zero attached hydrogens (tertiary/aromatic N) is 1. The highest BCUT2D eigenvalue weighted by Gasteiger charge is 2.12. The van der Waals surface area contributed by atoms with Crippen LogP contribution < -0.4 is 4.74 Å². The molecule has 14 heavy (non-hydrogen) atoms. The van der Waals surface area contributed by atoms with Gasteiger partial charge in [0.1, 0.15) is 5.75 Å². The molecule has 0 amide bonds. The molecule has 0 atom stereocenters. The molecule has 0 saturated heterocycles. The number of hydrogen-bond acceptors (Lipinski definition) is 2. The maximum atomic E-state index is 5.55. The largest absolute Gasteiger partial charge is 0.443 e. The zero-order chi connectivity index (χ0) is 9.54. The second kappa shape index (κ2) is 2.58. The SMILES string of the molecule is CC1=Nc2cccc3cccc(c23)O1. The van der Waals surface area contributed by atoms with Gasteiger partial charge in [-0.15, -0.1) is 0 Å². The van der Waals surface area contributed by atoms with E-state index in [0.29, 0.717) is 5.90 Å². The fourth-order valence-electron chi connectivity index (χ4n) is 1.82. The minimum absolute atomic E-state index is 0.705. The summed E-state index contributed by atoms with van der Waals surface area (Å²) in [5.41, 5.74) is 1.00. The summed E-state index contributed by atoms with van der Waals surface area (Å²) in [6.45, 7) is 1.87. The van der Waals surface area contributed by atoms with Gasteiger partial charge in [0, 0.05) is 6.92 Å². The van der Waals surface area contributed by atoms with Gasteiger partial charge in [0.25, 0.3) is 0 Å². The molecule has 1 aliphatic heterocycles. The summed E-state index contributed by atoms with van der Waals surface area (Å²) in [5, 5.41) is 2.29. The van der Waals surface area contributed by atoms with Crippen LogP contribution in [0.2, 0.25) is 0 Å². The van der Waals surface area contributed by atoms with Gasteiger partial charge in [-0.25, -0.2) is 4.99 Å². The van der Waals surface area contributed by atoms with E-state index in [0.717, 1.165) is 16.8 Å². The molecule has 1 heterocycles. The first-order valence-electron chi connectivity index (χ1n) is 4.59. The first kappa shape index (κ1) is 7.56. The second-order valence-corrected chi connectivity index (χ2v) is 3.36. The zero-order valence-corrected chi connectivity index (χ0v) is 7.82. The lowest BCUT2D eigenvalue weighted by Gasteiger charge is -2.15. The van der Waals surface area contributed by atoms with Crippen LogP contribution in [0.4, 0.5) is 5.69 Å². The van der Waals surface area contributed by atoms with Gasteiger partial charge in [-0.2, -0.15) is 0 Å². The van der Waals surface area contributed by atoms with Crippen molar-refractivity contribution in [2.45, 2.75) is 6.92 Å². The van der Waals surface area contributed by atoms with Gasteiger partial charge in [0.05, 0.1) is 11.1 Å². The summed E-state index contributed by atoms with van der Waals surface area (Å²) in [6, 6.07) is 12.1. The third-order valence-electron chi connectivity index (χ3n) is 2.38. The van der Waals surface area contributed by atoms with Crippen molar-refractivity contribution in [3.05, 3.63) is 36.4 Å². The predicted molar refractivity (Wildman–Crippen MR) is 57.3 cm³/mol. The lowest BCUT2D eigenvalue weighted by atomic mass is 10.1. The van der Waals surface area contributed by atoms with Gasteiger partial charge < -0.3 is 4.74 Å². The maximum Gasteiger partial charge on any atom is 0.192 e. The summed E-state index contributed by atoms with van der Waals surface area (Å²) in [6.07, 6.45) is 0. The van der Waals surface area contributed by atoms with Crippen LogP contribution in [0.5, 0.6) is 5.75 Å². The molecular weight excluding hydrogens is 174 g/mol. The Morgan fingerprint density at radius 2 is 1.86 bits per heavy atom. The summed E-state index contributed by atoms with van der Waals surface area (Å²) >= 11 is 0. The van der Waals surface area contributed by atoms with Crippen molar-refractivity contribution in [2.24, 2.45) is 4.99 Å². The van der Waals surface area contributed by atoms with Gasteiger partial charge >= 0.3 is 0 Å². The van der Waals surface area contributed by atoms with Crippen molar-refractivity contribution in [2.75, 3.05) is 0 Å². The second-order valence-electron chi connectivity index (χ2n) is 3.36. The molecule has 0 spiro atoms. The molecule has 0 radical (unpaired) electrons. The molecule has 68 valence electrons. The molecule has 0 aliphatic carbocycles. The molecule has 3 rings (SSSR count). The fraction of sp³-hybridized carbons (Fsp3) is 0.0833. The van der Waals surface area contributed by atoms with Crippen LogP contribution in [-0.4, -0.2) is 5.90 Å². The summed E-state index contributed by atoms with van der Waals surface area (Å²) in [7, 11) is 0. The Balaban J connectivity index is 2.50. The monoisotopic (exact) mass is 183 g/mol. The first-order chi connectivity index (χ1) is 6.84. The van der Waals surface area contributed by atoms with E-state index in [4.69, 9.17) is 4.74 Å². The van der Waals surface area contributed by atoms with Gasteiger partial charge in [0.15, 0.2) is 5.90 Å². The van der Waals surface area contributed by atoms with Crippen LogP contribution in [0.15, 0.2) is 41.4 Å². The van der Waals surface area contributed by atoms with E-state index in [-0.39, 0.29) is 0 Å². The van der Waals surface area contributed by atoms with E-state index in [2.05, 4.69) is 17.1 Å². The van der Waals surface area contributed by atoms with Gasteiger partial charge in [-0.05, 0) is 17.5 Å². The van der Waals surface area contributed by atoms with Gasteiger partial charge in [-0.3, -0.25) is 0 Å². The summed E-state index contributed by atoms with van der Waals surface area (Å²) in [5.74, 6) is 1.61. The van der Waals surface area contributed by atoms with Crippen molar-refractivity contribution in [1.82, 2.24) is 0 Å². The molecule has 2 heteroatoms. The predicted octanol–water partition coefficient (Wildman–Crippen LogP) is 3.28. The van der Waals surface area contributed by atoms with E-state index < -0.39 is 0 Å².